The third-order valence-electron chi connectivity index (χ3n) is 4.40. The van der Waals surface area contributed by atoms with E-state index < -0.39 is 17.9 Å². The molecule has 156 valence electrons. The van der Waals surface area contributed by atoms with Crippen LogP contribution in [0.15, 0.2) is 42.1 Å². The number of rotatable bonds is 7. The smallest absolute Gasteiger partial charge is 0.335 e. The number of halogens is 1. The Morgan fingerprint density at radius 3 is 2.67 bits per heavy atom. The molecule has 1 fully saturated rings. The molecule has 1 aliphatic heterocycles. The number of carbonyl (C=O) groups excluding carboxylic acids is 2. The maximum Gasteiger partial charge on any atom is 0.335 e. The van der Waals surface area contributed by atoms with Crippen LogP contribution in [0, 0.1) is 0 Å². The van der Waals surface area contributed by atoms with Gasteiger partial charge in [-0.15, -0.1) is 0 Å². The Morgan fingerprint density at radius 1 is 1.27 bits per heavy atom. The van der Waals surface area contributed by atoms with Crippen molar-refractivity contribution in [2.75, 3.05) is 13.7 Å². The van der Waals surface area contributed by atoms with Crippen LogP contribution < -0.4 is 14.8 Å². The number of nitrogens with zero attached hydrogens (tertiary/aromatic N) is 1. The Labute approximate surface area is 177 Å². The lowest BCUT2D eigenvalue weighted by molar-refractivity contribution is -0.122. The van der Waals surface area contributed by atoms with Gasteiger partial charge < -0.3 is 19.9 Å². The third-order valence-corrected chi connectivity index (χ3v) is 4.68. The molecule has 2 aromatic carbocycles. The molecule has 3 rings (SSSR count). The average Bonchev–Trinajstić information content (AvgIpc) is 2.99. The number of ether oxygens (including phenoxy) is 2. The largest absolute Gasteiger partial charge is 0.493 e. The van der Waals surface area contributed by atoms with E-state index in [0.717, 1.165) is 4.90 Å². The highest BCUT2D eigenvalue weighted by Crippen LogP contribution is 2.37. The molecule has 1 heterocycles. The molecule has 0 radical (unpaired) electrons. The van der Waals surface area contributed by atoms with E-state index in [9.17, 15) is 14.4 Å². The number of methoxy groups -OCH3 is 1. The second kappa shape index (κ2) is 8.87. The molecule has 0 unspecified atom stereocenters. The van der Waals surface area contributed by atoms with Crippen molar-refractivity contribution >= 4 is 35.6 Å². The molecule has 2 aromatic rings. The number of carbonyl (C=O) groups is 3. The second-order valence-corrected chi connectivity index (χ2v) is 6.77. The van der Waals surface area contributed by atoms with Crippen LogP contribution in [0.4, 0.5) is 4.79 Å². The van der Waals surface area contributed by atoms with Gasteiger partial charge in [0.2, 0.25) is 0 Å². The van der Waals surface area contributed by atoms with Gasteiger partial charge in [0.25, 0.3) is 5.91 Å². The zero-order valence-corrected chi connectivity index (χ0v) is 17.0. The number of nitrogens with one attached hydrogen (secondary N) is 1. The number of imide groups is 1. The second-order valence-electron chi connectivity index (χ2n) is 6.37. The summed E-state index contributed by atoms with van der Waals surface area (Å²) in [4.78, 5) is 36.2. The highest BCUT2D eigenvalue weighted by Gasteiger charge is 2.32. The lowest BCUT2D eigenvalue weighted by atomic mass is 10.1. The number of aromatic carboxylic acids is 1. The summed E-state index contributed by atoms with van der Waals surface area (Å²) >= 11 is 6.36. The quantitative estimate of drug-likeness (QED) is 0.514. The molecule has 0 bridgehead atoms. The van der Waals surface area contributed by atoms with E-state index in [1.807, 2.05) is 0 Å². The van der Waals surface area contributed by atoms with Crippen molar-refractivity contribution in [1.82, 2.24) is 10.2 Å². The monoisotopic (exact) mass is 430 g/mol. The number of urea groups is 1. The lowest BCUT2D eigenvalue weighted by Gasteiger charge is -2.14. The summed E-state index contributed by atoms with van der Waals surface area (Å²) in [7, 11) is 1.45. The Hall–Kier alpha value is -3.52. The summed E-state index contributed by atoms with van der Waals surface area (Å²) < 4.78 is 11.1. The van der Waals surface area contributed by atoms with Gasteiger partial charge in [-0.2, -0.15) is 0 Å². The van der Waals surface area contributed by atoms with Crippen molar-refractivity contribution in [2.45, 2.75) is 13.5 Å². The van der Waals surface area contributed by atoms with Crippen molar-refractivity contribution in [3.8, 4) is 11.5 Å². The van der Waals surface area contributed by atoms with Gasteiger partial charge in [-0.1, -0.05) is 23.7 Å². The normalized spacial score (nSPS) is 14.8. The summed E-state index contributed by atoms with van der Waals surface area (Å²) in [5.74, 6) is -0.844. The molecular formula is C21H19ClN2O6. The first kappa shape index (κ1) is 21.2. The van der Waals surface area contributed by atoms with Crippen LogP contribution in [-0.2, 0) is 11.4 Å². The molecule has 0 atom stereocenters. The Balaban J connectivity index is 1.84. The van der Waals surface area contributed by atoms with E-state index >= 15 is 0 Å². The SMILES string of the molecule is CCN1C(=O)N/C(=C/c2cc(Cl)c(OCc3cccc(C(=O)O)c3)c(OC)c2)C1=O. The molecule has 3 amide bonds. The minimum Gasteiger partial charge on any atom is -0.493 e. The van der Waals surface area contributed by atoms with E-state index in [1.165, 1.54) is 25.3 Å². The molecule has 1 aliphatic rings. The topological polar surface area (TPSA) is 105 Å². The summed E-state index contributed by atoms with van der Waals surface area (Å²) in [6.45, 7) is 2.05. The van der Waals surface area contributed by atoms with Gasteiger partial charge in [0.15, 0.2) is 11.5 Å². The van der Waals surface area contributed by atoms with Crippen molar-refractivity contribution in [3.63, 3.8) is 0 Å². The Morgan fingerprint density at radius 2 is 2.03 bits per heavy atom. The van der Waals surface area contributed by atoms with Crippen molar-refractivity contribution in [1.29, 1.82) is 0 Å². The number of hydrogen-bond donors (Lipinski definition) is 2. The number of likely N-dealkylation sites (N-methyl/N-ethyl adjacent to an activating group) is 1. The zero-order valence-electron chi connectivity index (χ0n) is 16.3. The molecule has 9 heteroatoms. The van der Waals surface area contributed by atoms with Crippen LogP contribution in [0.3, 0.4) is 0 Å². The fourth-order valence-corrected chi connectivity index (χ4v) is 3.21. The molecular weight excluding hydrogens is 412 g/mol. The van der Waals surface area contributed by atoms with Gasteiger partial charge in [0, 0.05) is 6.54 Å². The van der Waals surface area contributed by atoms with Gasteiger partial charge >= 0.3 is 12.0 Å². The van der Waals surface area contributed by atoms with Crippen LogP contribution in [0.5, 0.6) is 11.5 Å². The van der Waals surface area contributed by atoms with E-state index in [4.69, 9.17) is 26.2 Å². The summed E-state index contributed by atoms with van der Waals surface area (Å²) in [6, 6.07) is 9.09. The number of carboxylic acids is 1. The van der Waals surface area contributed by atoms with Crippen molar-refractivity contribution in [2.24, 2.45) is 0 Å². The van der Waals surface area contributed by atoms with Gasteiger partial charge in [-0.25, -0.2) is 9.59 Å². The van der Waals surface area contributed by atoms with Crippen molar-refractivity contribution in [3.05, 3.63) is 63.8 Å². The van der Waals surface area contributed by atoms with Crippen LogP contribution in [0.2, 0.25) is 5.02 Å². The fourth-order valence-electron chi connectivity index (χ4n) is 2.94. The van der Waals surface area contributed by atoms with E-state index in [0.29, 0.717) is 16.9 Å². The first-order valence-corrected chi connectivity index (χ1v) is 9.39. The number of hydrogen-bond acceptors (Lipinski definition) is 5. The minimum absolute atomic E-state index is 0.0810. The maximum atomic E-state index is 12.2. The molecule has 0 saturated carbocycles. The molecule has 1 saturated heterocycles. The predicted octanol–water partition coefficient (Wildman–Crippen LogP) is 3.54. The Bertz CT molecular complexity index is 1050. The first-order chi connectivity index (χ1) is 14.3. The minimum atomic E-state index is -1.03. The lowest BCUT2D eigenvalue weighted by Crippen LogP contribution is -2.30. The standard InChI is InChI=1S/C21H19ClN2O6/c1-3-24-19(25)16(23-21(24)28)9-13-8-15(22)18(17(10-13)29-2)30-11-12-5-4-6-14(7-12)20(26)27/h4-10H,3,11H2,1-2H3,(H,23,28)(H,26,27)/b16-9+. The highest BCUT2D eigenvalue weighted by molar-refractivity contribution is 6.32. The molecule has 30 heavy (non-hydrogen) atoms. The number of benzene rings is 2. The van der Waals surface area contributed by atoms with E-state index in [1.54, 1.807) is 31.2 Å². The number of carboxylic acid groups (broad SMARTS) is 1. The van der Waals surface area contributed by atoms with Gasteiger partial charge in [-0.3, -0.25) is 9.69 Å². The van der Waals surface area contributed by atoms with Crippen molar-refractivity contribution < 1.29 is 29.0 Å². The first-order valence-electron chi connectivity index (χ1n) is 9.01. The predicted molar refractivity (Wildman–Crippen MR) is 110 cm³/mol. The van der Waals surface area contributed by atoms with Gasteiger partial charge in [0.1, 0.15) is 12.3 Å². The van der Waals surface area contributed by atoms with Crippen LogP contribution in [-0.4, -0.2) is 41.6 Å². The fraction of sp³-hybridized carbons (Fsp3) is 0.190. The molecule has 2 N–H and O–H groups in total. The maximum absolute atomic E-state index is 12.2. The van der Waals surface area contributed by atoms with E-state index in [-0.39, 0.29) is 35.2 Å². The van der Waals surface area contributed by atoms with Crippen LogP contribution in [0.25, 0.3) is 6.08 Å². The van der Waals surface area contributed by atoms with Gasteiger partial charge in [-0.05, 0) is 48.4 Å². The highest BCUT2D eigenvalue weighted by atomic mass is 35.5. The average molecular weight is 431 g/mol. The van der Waals surface area contributed by atoms with E-state index in [2.05, 4.69) is 5.32 Å². The third kappa shape index (κ3) is 4.38. The summed E-state index contributed by atoms with van der Waals surface area (Å²) in [5.41, 5.74) is 1.48. The molecule has 0 aromatic heterocycles. The summed E-state index contributed by atoms with van der Waals surface area (Å²) in [6.07, 6.45) is 1.50. The molecule has 8 nitrogen and oxygen atoms in total. The van der Waals surface area contributed by atoms with Crippen LogP contribution >= 0.6 is 11.6 Å². The van der Waals surface area contributed by atoms with Crippen LogP contribution in [0.1, 0.15) is 28.4 Å². The number of amides is 3. The van der Waals surface area contributed by atoms with Gasteiger partial charge in [0.05, 0.1) is 17.7 Å². The zero-order chi connectivity index (χ0) is 21.8. The molecule has 0 spiro atoms. The summed E-state index contributed by atoms with van der Waals surface area (Å²) in [5, 5.41) is 11.9. The molecule has 0 aliphatic carbocycles. The Kier molecular flexibility index (Phi) is 6.27.